The van der Waals surface area contributed by atoms with E-state index in [-0.39, 0.29) is 0 Å². The number of hydrogen-bond donors (Lipinski definition) is 2. The summed E-state index contributed by atoms with van der Waals surface area (Å²) >= 11 is 1.52. The quantitative estimate of drug-likeness (QED) is 0.615. The molecule has 0 aromatic carbocycles. The Morgan fingerprint density at radius 3 is 3.23 bits per heavy atom. The lowest BCUT2D eigenvalue weighted by molar-refractivity contribution is 0.309. The van der Waals surface area contributed by atoms with Crippen LogP contribution in [0.1, 0.15) is 0 Å². The second-order valence-corrected chi connectivity index (χ2v) is 7.75. The van der Waals surface area contributed by atoms with Crippen molar-refractivity contribution in [2.45, 2.75) is 0 Å². The summed E-state index contributed by atoms with van der Waals surface area (Å²) in [6.45, 7) is 1.45. The number of allylic oxidation sites excluding steroid dienone is 2. The largest absolute Gasteiger partial charge is 0.488 e. The molecule has 6 rings (SSSR count). The lowest BCUT2D eigenvalue weighted by atomic mass is 10.2. The number of anilines is 2. The Labute approximate surface area is 176 Å². The van der Waals surface area contributed by atoms with Gasteiger partial charge in [-0.25, -0.2) is 9.50 Å². The van der Waals surface area contributed by atoms with Crippen LogP contribution in [-0.4, -0.2) is 49.1 Å². The fraction of sp³-hybridized carbons (Fsp3) is 0.158. The molecule has 0 saturated carbocycles. The second-order valence-electron chi connectivity index (χ2n) is 6.94. The molecule has 2 N–H and O–H groups in total. The SMILES string of the molecule is CN1CCOc2cc(-c3nccn4nc(NC5=CC6=CNSN6C=C5)nc34)cnc21. The fourth-order valence-electron chi connectivity index (χ4n) is 3.48. The van der Waals surface area contributed by atoms with Gasteiger partial charge >= 0.3 is 0 Å². The Morgan fingerprint density at radius 2 is 2.27 bits per heavy atom. The van der Waals surface area contributed by atoms with E-state index in [0.29, 0.717) is 23.9 Å². The van der Waals surface area contributed by atoms with Crippen molar-refractivity contribution in [2.75, 3.05) is 30.4 Å². The van der Waals surface area contributed by atoms with E-state index in [1.54, 1.807) is 23.1 Å². The first kappa shape index (κ1) is 17.2. The highest BCUT2D eigenvalue weighted by atomic mass is 32.2. The van der Waals surface area contributed by atoms with Crippen molar-refractivity contribution in [1.82, 2.24) is 33.6 Å². The molecule has 0 spiro atoms. The molecule has 0 radical (unpaired) electrons. The molecule has 11 heteroatoms. The number of likely N-dealkylation sites (N-methyl/N-ethyl adjacent to an activating group) is 1. The number of ether oxygens (including phenoxy) is 1. The molecule has 0 bridgehead atoms. The smallest absolute Gasteiger partial charge is 0.247 e. The number of fused-ring (bicyclic) bond motifs is 3. The summed E-state index contributed by atoms with van der Waals surface area (Å²) in [6, 6.07) is 1.96. The maximum Gasteiger partial charge on any atom is 0.247 e. The summed E-state index contributed by atoms with van der Waals surface area (Å²) in [4.78, 5) is 15.8. The van der Waals surface area contributed by atoms with E-state index in [2.05, 4.69) is 35.0 Å². The van der Waals surface area contributed by atoms with E-state index in [1.807, 2.05) is 42.0 Å². The van der Waals surface area contributed by atoms with Crippen molar-refractivity contribution >= 4 is 29.5 Å². The van der Waals surface area contributed by atoms with Crippen LogP contribution >= 0.6 is 12.1 Å². The topological polar surface area (TPSA) is 95.7 Å². The number of pyridine rings is 1. The van der Waals surface area contributed by atoms with Crippen LogP contribution in [0.4, 0.5) is 11.8 Å². The Balaban J connectivity index is 1.35. The van der Waals surface area contributed by atoms with Crippen LogP contribution in [0.3, 0.4) is 0 Å². The van der Waals surface area contributed by atoms with Gasteiger partial charge in [-0.3, -0.25) is 9.29 Å². The molecule has 0 fully saturated rings. The lowest BCUT2D eigenvalue weighted by Crippen LogP contribution is -2.29. The van der Waals surface area contributed by atoms with Crippen molar-refractivity contribution in [2.24, 2.45) is 0 Å². The van der Waals surface area contributed by atoms with Gasteiger partial charge in [0.25, 0.3) is 0 Å². The van der Waals surface area contributed by atoms with Gasteiger partial charge in [0.1, 0.15) is 12.3 Å². The zero-order valence-corrected chi connectivity index (χ0v) is 16.8. The molecule has 0 unspecified atom stereocenters. The van der Waals surface area contributed by atoms with Gasteiger partial charge in [0.15, 0.2) is 17.2 Å². The van der Waals surface area contributed by atoms with E-state index in [9.17, 15) is 0 Å². The van der Waals surface area contributed by atoms with E-state index < -0.39 is 0 Å². The molecule has 0 aliphatic carbocycles. The van der Waals surface area contributed by atoms with Crippen LogP contribution < -0.4 is 19.7 Å². The molecule has 10 nitrogen and oxygen atoms in total. The number of nitrogens with one attached hydrogen (secondary N) is 2. The van der Waals surface area contributed by atoms with Crippen LogP contribution in [0.5, 0.6) is 5.75 Å². The van der Waals surface area contributed by atoms with E-state index in [4.69, 9.17) is 4.74 Å². The molecule has 0 atom stereocenters. The first-order chi connectivity index (χ1) is 14.7. The molecule has 3 aliphatic rings. The Kier molecular flexibility index (Phi) is 3.81. The van der Waals surface area contributed by atoms with Crippen molar-refractivity contribution in [3.63, 3.8) is 0 Å². The summed E-state index contributed by atoms with van der Waals surface area (Å²) in [5.41, 5.74) is 4.13. The van der Waals surface area contributed by atoms with E-state index in [0.717, 1.165) is 35.1 Å². The van der Waals surface area contributed by atoms with Gasteiger partial charge in [-0.1, -0.05) is 0 Å². The monoisotopic (exact) mass is 419 g/mol. The maximum atomic E-state index is 5.79. The molecule has 3 aromatic rings. The fourth-order valence-corrected chi connectivity index (χ4v) is 4.10. The third-order valence-corrected chi connectivity index (χ3v) is 5.72. The zero-order valence-electron chi connectivity index (χ0n) is 16.0. The van der Waals surface area contributed by atoms with Crippen molar-refractivity contribution in [3.05, 3.63) is 60.6 Å². The normalized spacial score (nSPS) is 17.1. The molecule has 0 saturated heterocycles. The molecule has 30 heavy (non-hydrogen) atoms. The Morgan fingerprint density at radius 1 is 1.30 bits per heavy atom. The molecule has 3 aliphatic heterocycles. The third-order valence-electron chi connectivity index (χ3n) is 4.97. The minimum atomic E-state index is 0.495. The van der Waals surface area contributed by atoms with Gasteiger partial charge in [-0.2, -0.15) is 4.98 Å². The van der Waals surface area contributed by atoms with Gasteiger partial charge in [-0.05, 0) is 18.2 Å². The summed E-state index contributed by atoms with van der Waals surface area (Å²) in [5, 5.41) is 7.81. The minimum absolute atomic E-state index is 0.495. The maximum absolute atomic E-state index is 5.79. The van der Waals surface area contributed by atoms with Crippen LogP contribution in [0.2, 0.25) is 0 Å². The van der Waals surface area contributed by atoms with Gasteiger partial charge in [-0.15, -0.1) is 5.10 Å². The molecule has 3 aromatic heterocycles. The highest BCUT2D eigenvalue weighted by molar-refractivity contribution is 7.95. The van der Waals surface area contributed by atoms with Crippen LogP contribution in [0.25, 0.3) is 16.9 Å². The lowest BCUT2D eigenvalue weighted by Gasteiger charge is -2.26. The molecular weight excluding hydrogens is 402 g/mol. The number of hydrogen-bond acceptors (Lipinski definition) is 10. The van der Waals surface area contributed by atoms with E-state index in [1.165, 1.54) is 12.1 Å². The zero-order chi connectivity index (χ0) is 20.1. The van der Waals surface area contributed by atoms with Crippen molar-refractivity contribution in [3.8, 4) is 17.0 Å². The van der Waals surface area contributed by atoms with Crippen LogP contribution in [-0.2, 0) is 0 Å². The van der Waals surface area contributed by atoms with Gasteiger partial charge < -0.3 is 19.7 Å². The average Bonchev–Trinajstić information content (AvgIpc) is 3.39. The summed E-state index contributed by atoms with van der Waals surface area (Å²) in [6.07, 6.45) is 13.2. The van der Waals surface area contributed by atoms with E-state index >= 15 is 0 Å². The summed E-state index contributed by atoms with van der Waals surface area (Å²) in [5.74, 6) is 2.08. The number of nitrogens with zero attached hydrogens (tertiary/aromatic N) is 7. The summed E-state index contributed by atoms with van der Waals surface area (Å²) < 4.78 is 12.6. The summed E-state index contributed by atoms with van der Waals surface area (Å²) in [7, 11) is 2.01. The van der Waals surface area contributed by atoms with Gasteiger partial charge in [0, 0.05) is 49.3 Å². The first-order valence-corrected chi connectivity index (χ1v) is 10.2. The minimum Gasteiger partial charge on any atom is -0.488 e. The number of aromatic nitrogens is 5. The highest BCUT2D eigenvalue weighted by Crippen LogP contribution is 2.33. The predicted molar refractivity (Wildman–Crippen MR) is 114 cm³/mol. The first-order valence-electron chi connectivity index (χ1n) is 9.39. The van der Waals surface area contributed by atoms with Crippen LogP contribution in [0, 0.1) is 0 Å². The van der Waals surface area contributed by atoms with Crippen molar-refractivity contribution in [1.29, 1.82) is 0 Å². The second kappa shape index (κ2) is 6.66. The molecular formula is C19H17N9OS. The standard InChI is InChI=1S/C19H17N9OS/c1-26-6-7-29-15-8-12(10-21-17(15)26)16-18-24-19(25-27(18)5-3-20-16)23-13-2-4-28-14(9-13)11-22-30-28/h2-5,8-11,22H,6-7H2,1H3,(H,23,25). The molecule has 150 valence electrons. The Hall–Kier alpha value is -3.73. The van der Waals surface area contributed by atoms with Gasteiger partial charge in [0.05, 0.1) is 24.4 Å². The third kappa shape index (κ3) is 2.82. The molecule has 6 heterocycles. The number of rotatable bonds is 3. The van der Waals surface area contributed by atoms with Gasteiger partial charge in [0.2, 0.25) is 5.95 Å². The average molecular weight is 419 g/mol. The van der Waals surface area contributed by atoms with Crippen molar-refractivity contribution < 1.29 is 4.74 Å². The Bertz CT molecular complexity index is 1250. The van der Waals surface area contributed by atoms with Crippen LogP contribution in [0.15, 0.2) is 60.6 Å². The highest BCUT2D eigenvalue weighted by Gasteiger charge is 2.20. The predicted octanol–water partition coefficient (Wildman–Crippen LogP) is 2.15. The molecule has 0 amide bonds.